The zero-order chi connectivity index (χ0) is 13.0. The van der Waals surface area contributed by atoms with E-state index in [1.807, 2.05) is 11.8 Å². The molecule has 0 saturated carbocycles. The molecule has 0 radical (unpaired) electrons. The van der Waals surface area contributed by atoms with Gasteiger partial charge in [0.25, 0.3) is 5.91 Å². The van der Waals surface area contributed by atoms with Crippen LogP contribution in [0.25, 0.3) is 0 Å². The van der Waals surface area contributed by atoms with E-state index in [0.29, 0.717) is 16.3 Å². The SMILES string of the molecule is O=C(NCC1CCCCS1)c1cc(Br)ccc1F. The summed E-state index contributed by atoms with van der Waals surface area (Å²) >= 11 is 5.13. The molecule has 2 rings (SSSR count). The van der Waals surface area contributed by atoms with E-state index in [4.69, 9.17) is 0 Å². The van der Waals surface area contributed by atoms with Crippen LogP contribution < -0.4 is 5.32 Å². The standard InChI is InChI=1S/C13H15BrFNOS/c14-9-4-5-12(15)11(7-9)13(17)16-8-10-3-1-2-6-18-10/h4-5,7,10H,1-3,6,8H2,(H,16,17). The quantitative estimate of drug-likeness (QED) is 0.916. The summed E-state index contributed by atoms with van der Waals surface area (Å²) in [7, 11) is 0. The predicted molar refractivity (Wildman–Crippen MR) is 76.5 cm³/mol. The average Bonchev–Trinajstić information content (AvgIpc) is 2.40. The van der Waals surface area contributed by atoms with Crippen molar-refractivity contribution in [2.24, 2.45) is 0 Å². The number of hydrogen-bond donors (Lipinski definition) is 1. The van der Waals surface area contributed by atoms with Gasteiger partial charge in [-0.05, 0) is 36.8 Å². The second kappa shape index (κ2) is 6.57. The topological polar surface area (TPSA) is 29.1 Å². The lowest BCUT2D eigenvalue weighted by molar-refractivity contribution is 0.0949. The fraction of sp³-hybridized carbons (Fsp3) is 0.462. The fourth-order valence-electron chi connectivity index (χ4n) is 1.94. The van der Waals surface area contributed by atoms with Crippen molar-refractivity contribution < 1.29 is 9.18 Å². The van der Waals surface area contributed by atoms with Crippen LogP contribution in [0.1, 0.15) is 29.6 Å². The lowest BCUT2D eigenvalue weighted by Crippen LogP contribution is -2.32. The average molecular weight is 332 g/mol. The fourth-order valence-corrected chi connectivity index (χ4v) is 3.54. The summed E-state index contributed by atoms with van der Waals surface area (Å²) in [5.41, 5.74) is 0.102. The first-order valence-corrected chi connectivity index (χ1v) is 7.86. The number of thioether (sulfide) groups is 1. The van der Waals surface area contributed by atoms with Gasteiger partial charge in [-0.3, -0.25) is 4.79 Å². The minimum Gasteiger partial charge on any atom is -0.351 e. The normalized spacial score (nSPS) is 19.6. The molecule has 1 fully saturated rings. The Bertz CT molecular complexity index is 435. The molecule has 18 heavy (non-hydrogen) atoms. The largest absolute Gasteiger partial charge is 0.351 e. The second-order valence-electron chi connectivity index (χ2n) is 4.32. The van der Waals surface area contributed by atoms with Gasteiger partial charge in [0.15, 0.2) is 0 Å². The van der Waals surface area contributed by atoms with Gasteiger partial charge in [-0.1, -0.05) is 22.4 Å². The number of hydrogen-bond acceptors (Lipinski definition) is 2. The second-order valence-corrected chi connectivity index (χ2v) is 6.65. The van der Waals surface area contributed by atoms with Crippen LogP contribution in [0.5, 0.6) is 0 Å². The molecule has 1 aromatic rings. The van der Waals surface area contributed by atoms with Crippen LogP contribution in [0.2, 0.25) is 0 Å². The number of nitrogens with one attached hydrogen (secondary N) is 1. The van der Waals surface area contributed by atoms with Crippen LogP contribution in [0.3, 0.4) is 0 Å². The minimum atomic E-state index is -0.480. The summed E-state index contributed by atoms with van der Waals surface area (Å²) in [5.74, 6) is 0.346. The Balaban J connectivity index is 1.92. The highest BCUT2D eigenvalue weighted by atomic mass is 79.9. The molecular formula is C13H15BrFNOS. The number of carbonyl (C=O) groups excluding carboxylic acids is 1. The highest BCUT2D eigenvalue weighted by Crippen LogP contribution is 2.24. The van der Waals surface area contributed by atoms with Crippen molar-refractivity contribution in [2.45, 2.75) is 24.5 Å². The monoisotopic (exact) mass is 331 g/mol. The molecule has 1 aliphatic rings. The van der Waals surface area contributed by atoms with Crippen molar-refractivity contribution in [1.82, 2.24) is 5.32 Å². The molecule has 0 aliphatic carbocycles. The van der Waals surface area contributed by atoms with Gasteiger partial charge >= 0.3 is 0 Å². The van der Waals surface area contributed by atoms with Gasteiger partial charge in [-0.25, -0.2) is 4.39 Å². The summed E-state index contributed by atoms with van der Waals surface area (Å²) in [5, 5.41) is 3.29. The van der Waals surface area contributed by atoms with E-state index in [2.05, 4.69) is 21.2 Å². The van der Waals surface area contributed by atoms with Crippen LogP contribution in [0, 0.1) is 5.82 Å². The van der Waals surface area contributed by atoms with Crippen LogP contribution in [0.4, 0.5) is 4.39 Å². The highest BCUT2D eigenvalue weighted by Gasteiger charge is 2.17. The van der Waals surface area contributed by atoms with Crippen LogP contribution in [-0.2, 0) is 0 Å². The molecule has 2 nitrogen and oxygen atoms in total. The van der Waals surface area contributed by atoms with Crippen molar-refractivity contribution >= 4 is 33.6 Å². The van der Waals surface area contributed by atoms with Gasteiger partial charge in [0.05, 0.1) is 5.56 Å². The van der Waals surface area contributed by atoms with Gasteiger partial charge in [0, 0.05) is 16.3 Å². The summed E-state index contributed by atoms with van der Waals surface area (Å²) in [4.78, 5) is 11.9. The third kappa shape index (κ3) is 3.72. The third-order valence-electron chi connectivity index (χ3n) is 2.94. The molecule has 1 amide bonds. The summed E-state index contributed by atoms with van der Waals surface area (Å²) in [6.45, 7) is 0.620. The molecule has 1 atom stereocenters. The van der Waals surface area contributed by atoms with Crippen molar-refractivity contribution in [3.05, 3.63) is 34.1 Å². The van der Waals surface area contributed by atoms with E-state index in [9.17, 15) is 9.18 Å². The van der Waals surface area contributed by atoms with Gasteiger partial charge in [-0.2, -0.15) is 11.8 Å². The Morgan fingerprint density at radius 2 is 2.33 bits per heavy atom. The molecule has 0 aromatic heterocycles. The zero-order valence-corrected chi connectivity index (χ0v) is 12.3. The molecule has 0 spiro atoms. The van der Waals surface area contributed by atoms with Gasteiger partial charge < -0.3 is 5.32 Å². The van der Waals surface area contributed by atoms with Crippen molar-refractivity contribution in [2.75, 3.05) is 12.3 Å². The number of rotatable bonds is 3. The first kappa shape index (κ1) is 13.9. The van der Waals surface area contributed by atoms with Gasteiger partial charge in [-0.15, -0.1) is 0 Å². The van der Waals surface area contributed by atoms with Crippen LogP contribution in [-0.4, -0.2) is 23.5 Å². The number of benzene rings is 1. The number of halogens is 2. The summed E-state index contributed by atoms with van der Waals surface area (Å²) in [6, 6.07) is 4.40. The maximum atomic E-state index is 13.5. The lowest BCUT2D eigenvalue weighted by Gasteiger charge is -2.21. The Morgan fingerprint density at radius 1 is 1.50 bits per heavy atom. The van der Waals surface area contributed by atoms with Crippen molar-refractivity contribution in [1.29, 1.82) is 0 Å². The number of amides is 1. The van der Waals surface area contributed by atoms with E-state index in [1.165, 1.54) is 25.0 Å². The molecule has 1 saturated heterocycles. The maximum Gasteiger partial charge on any atom is 0.254 e. The Morgan fingerprint density at radius 3 is 3.06 bits per heavy atom. The summed E-state index contributed by atoms with van der Waals surface area (Å²) in [6.07, 6.45) is 3.61. The maximum absolute atomic E-state index is 13.5. The smallest absolute Gasteiger partial charge is 0.254 e. The zero-order valence-electron chi connectivity index (χ0n) is 9.92. The molecule has 1 aliphatic heterocycles. The molecule has 1 heterocycles. The van der Waals surface area contributed by atoms with E-state index < -0.39 is 5.82 Å². The van der Waals surface area contributed by atoms with Gasteiger partial charge in [0.1, 0.15) is 5.82 Å². The first-order valence-electron chi connectivity index (χ1n) is 6.01. The molecule has 1 aromatic carbocycles. The Hall–Kier alpha value is -0.550. The Kier molecular flexibility index (Phi) is 5.06. The molecule has 5 heteroatoms. The Labute approximate surface area is 119 Å². The highest BCUT2D eigenvalue weighted by molar-refractivity contribution is 9.10. The van der Waals surface area contributed by atoms with Crippen molar-refractivity contribution in [3.8, 4) is 0 Å². The molecule has 98 valence electrons. The lowest BCUT2D eigenvalue weighted by atomic mass is 10.1. The van der Waals surface area contributed by atoms with E-state index in [0.717, 1.165) is 12.2 Å². The van der Waals surface area contributed by atoms with Crippen LogP contribution in [0.15, 0.2) is 22.7 Å². The van der Waals surface area contributed by atoms with E-state index in [1.54, 1.807) is 6.07 Å². The molecular weight excluding hydrogens is 317 g/mol. The predicted octanol–water partition coefficient (Wildman–Crippen LogP) is 3.60. The number of carbonyl (C=O) groups is 1. The third-order valence-corrected chi connectivity index (χ3v) is 4.83. The molecule has 0 bridgehead atoms. The van der Waals surface area contributed by atoms with E-state index in [-0.39, 0.29) is 11.5 Å². The molecule has 1 N–H and O–H groups in total. The minimum absolute atomic E-state index is 0.102. The van der Waals surface area contributed by atoms with Crippen molar-refractivity contribution in [3.63, 3.8) is 0 Å². The van der Waals surface area contributed by atoms with Crippen LogP contribution >= 0.6 is 27.7 Å². The molecule has 1 unspecified atom stereocenters. The first-order chi connectivity index (χ1) is 8.66. The van der Waals surface area contributed by atoms with E-state index >= 15 is 0 Å². The summed E-state index contributed by atoms with van der Waals surface area (Å²) < 4.78 is 14.2. The van der Waals surface area contributed by atoms with Gasteiger partial charge in [0.2, 0.25) is 0 Å².